The van der Waals surface area contributed by atoms with E-state index < -0.39 is 0 Å². The quantitative estimate of drug-likeness (QED) is 0.811. The maximum absolute atomic E-state index is 10.6. The highest BCUT2D eigenvalue weighted by Gasteiger charge is 2.11. The van der Waals surface area contributed by atoms with Gasteiger partial charge in [-0.15, -0.1) is 0 Å². The largest absolute Gasteiger partial charge is 0.453 e. The van der Waals surface area contributed by atoms with Gasteiger partial charge in [-0.1, -0.05) is 22.0 Å². The highest BCUT2D eigenvalue weighted by molar-refractivity contribution is 9.10. The number of hydrogen-bond acceptors (Lipinski definition) is 3. The maximum Gasteiger partial charge on any atom is 0.185 e. The molecule has 0 bridgehead atoms. The lowest BCUT2D eigenvalue weighted by molar-refractivity contribution is 0.110. The van der Waals surface area contributed by atoms with Crippen LogP contribution in [0.1, 0.15) is 16.1 Å². The monoisotopic (exact) mass is 270 g/mol. The van der Waals surface area contributed by atoms with Gasteiger partial charge >= 0.3 is 0 Å². The minimum absolute atomic E-state index is 0.405. The number of aryl methyl sites for hydroxylation is 1. The molecule has 1 aromatic heterocycles. The predicted molar refractivity (Wildman–Crippen MR) is 62.2 cm³/mol. The lowest BCUT2D eigenvalue weighted by Gasteiger charge is -1.91. The van der Waals surface area contributed by atoms with E-state index in [0.717, 1.165) is 34.4 Å². The molecule has 2 rings (SSSR count). The van der Waals surface area contributed by atoms with Crippen molar-refractivity contribution in [2.45, 2.75) is 6.92 Å². The van der Waals surface area contributed by atoms with E-state index in [4.69, 9.17) is 9.52 Å². The molecule has 0 saturated carbocycles. The normalized spacial score (nSPS) is 9.60. The van der Waals surface area contributed by atoms with Gasteiger partial charge in [0, 0.05) is 22.5 Å². The van der Waals surface area contributed by atoms with Crippen LogP contribution in [0.3, 0.4) is 0 Å². The topological polar surface area (TPSA) is 50.4 Å². The van der Waals surface area contributed by atoms with Gasteiger partial charge in [-0.3, -0.25) is 4.79 Å². The molecule has 0 amide bonds. The number of fused-ring (bicyclic) bond motifs is 1. The van der Waals surface area contributed by atoms with Gasteiger partial charge < -0.3 is 9.52 Å². The Morgan fingerprint density at radius 1 is 1.40 bits per heavy atom. The van der Waals surface area contributed by atoms with Crippen molar-refractivity contribution in [3.63, 3.8) is 0 Å². The Balaban J connectivity index is 0.000000531. The van der Waals surface area contributed by atoms with Gasteiger partial charge in [0.1, 0.15) is 5.58 Å². The Kier molecular flexibility index (Phi) is 4.05. The lowest BCUT2D eigenvalue weighted by atomic mass is 10.1. The number of rotatable bonds is 1. The smallest absolute Gasteiger partial charge is 0.185 e. The van der Waals surface area contributed by atoms with Crippen LogP contribution in [0, 0.1) is 6.92 Å². The SMILES string of the molecule is CO.Cc1c(C=O)oc2cccc(Br)c12. The molecule has 0 unspecified atom stereocenters. The van der Waals surface area contributed by atoms with Gasteiger partial charge in [0.25, 0.3) is 0 Å². The van der Waals surface area contributed by atoms with Crippen LogP contribution in [0.15, 0.2) is 27.1 Å². The first-order valence-corrected chi connectivity index (χ1v) is 5.11. The molecule has 0 fully saturated rings. The fourth-order valence-corrected chi connectivity index (χ4v) is 2.03. The van der Waals surface area contributed by atoms with Gasteiger partial charge in [0.05, 0.1) is 0 Å². The van der Waals surface area contributed by atoms with Crippen molar-refractivity contribution in [3.8, 4) is 0 Å². The first-order chi connectivity index (χ1) is 7.24. The molecule has 15 heavy (non-hydrogen) atoms. The summed E-state index contributed by atoms with van der Waals surface area (Å²) in [6.07, 6.45) is 0.738. The Labute approximate surface area is 95.8 Å². The van der Waals surface area contributed by atoms with E-state index in [1.54, 1.807) is 0 Å². The van der Waals surface area contributed by atoms with E-state index in [2.05, 4.69) is 15.9 Å². The Bertz CT molecular complexity index is 474. The molecule has 80 valence electrons. The zero-order valence-corrected chi connectivity index (χ0v) is 10.0. The first kappa shape index (κ1) is 11.9. The van der Waals surface area contributed by atoms with Crippen LogP contribution in [-0.2, 0) is 0 Å². The maximum atomic E-state index is 10.6. The van der Waals surface area contributed by atoms with E-state index in [9.17, 15) is 4.79 Å². The van der Waals surface area contributed by atoms with Crippen molar-refractivity contribution >= 4 is 33.2 Å². The Morgan fingerprint density at radius 2 is 2.07 bits per heavy atom. The number of benzene rings is 1. The van der Waals surface area contributed by atoms with E-state index in [0.29, 0.717) is 5.76 Å². The van der Waals surface area contributed by atoms with Gasteiger partial charge in [-0.2, -0.15) is 0 Å². The van der Waals surface area contributed by atoms with Crippen LogP contribution < -0.4 is 0 Å². The fourth-order valence-electron chi connectivity index (χ4n) is 1.38. The molecule has 0 aliphatic carbocycles. The van der Waals surface area contributed by atoms with E-state index in [1.807, 2.05) is 25.1 Å². The molecule has 0 spiro atoms. The molecule has 1 N–H and O–H groups in total. The molecular weight excluding hydrogens is 260 g/mol. The molecular formula is C11H11BrO3. The number of hydrogen-bond donors (Lipinski definition) is 1. The third-order valence-electron chi connectivity index (χ3n) is 2.05. The average molecular weight is 271 g/mol. The summed E-state index contributed by atoms with van der Waals surface area (Å²) in [5.41, 5.74) is 1.63. The highest BCUT2D eigenvalue weighted by Crippen LogP contribution is 2.30. The van der Waals surface area contributed by atoms with Crippen LogP contribution in [0.5, 0.6) is 0 Å². The van der Waals surface area contributed by atoms with Gasteiger partial charge in [-0.05, 0) is 19.1 Å². The fraction of sp³-hybridized carbons (Fsp3) is 0.182. The predicted octanol–water partition coefficient (Wildman–Crippen LogP) is 2.92. The number of aliphatic hydroxyl groups is 1. The van der Waals surface area contributed by atoms with Crippen LogP contribution in [0.2, 0.25) is 0 Å². The second-order valence-corrected chi connectivity index (χ2v) is 3.68. The molecule has 0 atom stereocenters. The third-order valence-corrected chi connectivity index (χ3v) is 2.71. The summed E-state index contributed by atoms with van der Waals surface area (Å²) in [6.45, 7) is 1.88. The minimum atomic E-state index is 0.405. The molecule has 2 aromatic rings. The number of halogens is 1. The standard InChI is InChI=1S/C10H7BrO2.CH4O/c1-6-9(5-12)13-8-4-2-3-7(11)10(6)8;1-2/h2-5H,1H3;2H,1H3. The summed E-state index contributed by atoms with van der Waals surface area (Å²) in [7, 11) is 1.00. The summed E-state index contributed by atoms with van der Waals surface area (Å²) in [6, 6.07) is 5.66. The van der Waals surface area contributed by atoms with Crippen molar-refractivity contribution < 1.29 is 14.3 Å². The van der Waals surface area contributed by atoms with Crippen molar-refractivity contribution in [2.24, 2.45) is 0 Å². The van der Waals surface area contributed by atoms with Gasteiger partial charge in [0.2, 0.25) is 0 Å². The van der Waals surface area contributed by atoms with Crippen molar-refractivity contribution in [1.29, 1.82) is 0 Å². The summed E-state index contributed by atoms with van der Waals surface area (Å²) >= 11 is 3.41. The summed E-state index contributed by atoms with van der Waals surface area (Å²) < 4.78 is 6.29. The van der Waals surface area contributed by atoms with Crippen molar-refractivity contribution in [1.82, 2.24) is 0 Å². The number of carbonyl (C=O) groups excluding carboxylic acids is 1. The molecule has 0 aliphatic heterocycles. The average Bonchev–Trinajstić information content (AvgIpc) is 2.60. The molecule has 0 saturated heterocycles. The molecule has 4 heteroatoms. The zero-order chi connectivity index (χ0) is 11.4. The minimum Gasteiger partial charge on any atom is -0.453 e. The summed E-state index contributed by atoms with van der Waals surface area (Å²) in [5.74, 6) is 0.405. The van der Waals surface area contributed by atoms with Crippen LogP contribution in [-0.4, -0.2) is 18.5 Å². The van der Waals surface area contributed by atoms with Crippen LogP contribution >= 0.6 is 15.9 Å². The number of aldehydes is 1. The Hall–Kier alpha value is -1.13. The first-order valence-electron chi connectivity index (χ1n) is 4.31. The second-order valence-electron chi connectivity index (χ2n) is 2.82. The molecule has 0 radical (unpaired) electrons. The Morgan fingerprint density at radius 3 is 2.60 bits per heavy atom. The summed E-state index contributed by atoms with van der Waals surface area (Å²) in [4.78, 5) is 10.6. The van der Waals surface area contributed by atoms with Crippen molar-refractivity contribution in [3.05, 3.63) is 34.0 Å². The van der Waals surface area contributed by atoms with Gasteiger partial charge in [0.15, 0.2) is 12.0 Å². The van der Waals surface area contributed by atoms with E-state index >= 15 is 0 Å². The number of furan rings is 1. The second kappa shape index (κ2) is 5.09. The van der Waals surface area contributed by atoms with E-state index in [-0.39, 0.29) is 0 Å². The van der Waals surface area contributed by atoms with Crippen molar-refractivity contribution in [2.75, 3.05) is 7.11 Å². The number of carbonyl (C=O) groups is 1. The zero-order valence-electron chi connectivity index (χ0n) is 8.45. The van der Waals surface area contributed by atoms with E-state index in [1.165, 1.54) is 0 Å². The molecule has 1 heterocycles. The molecule has 1 aromatic carbocycles. The molecule has 0 aliphatic rings. The highest BCUT2D eigenvalue weighted by atomic mass is 79.9. The van der Waals surface area contributed by atoms with Crippen LogP contribution in [0.4, 0.5) is 0 Å². The molecule has 3 nitrogen and oxygen atoms in total. The van der Waals surface area contributed by atoms with Crippen LogP contribution in [0.25, 0.3) is 11.0 Å². The number of aliphatic hydroxyl groups excluding tert-OH is 1. The van der Waals surface area contributed by atoms with Gasteiger partial charge in [-0.25, -0.2) is 0 Å². The lowest BCUT2D eigenvalue weighted by Crippen LogP contribution is -1.77. The third kappa shape index (κ3) is 2.11. The summed E-state index contributed by atoms with van der Waals surface area (Å²) in [5, 5.41) is 7.98.